The second kappa shape index (κ2) is 7.95. The summed E-state index contributed by atoms with van der Waals surface area (Å²) in [4.78, 5) is 0. The highest BCUT2D eigenvalue weighted by Gasteiger charge is 2.00. The molecule has 2 aromatic carbocycles. The minimum Gasteiger partial charge on any atom is -0.492 e. The number of halogens is 1. The van der Waals surface area contributed by atoms with Gasteiger partial charge in [-0.15, -0.1) is 0 Å². The molecule has 0 aliphatic heterocycles. The first-order valence-corrected chi connectivity index (χ1v) is 7.79. The van der Waals surface area contributed by atoms with Crippen molar-refractivity contribution >= 4 is 21.6 Å². The number of benzene rings is 2. The standard InChI is InChI=1S/C17H20BrNO/c1-2-6-14-7-3-4-10-17(14)19-11-12-20-16-9-5-8-15(18)13-16/h3-5,7-10,13,19H,2,6,11-12H2,1H3. The van der Waals surface area contributed by atoms with Crippen LogP contribution in [-0.4, -0.2) is 13.2 Å². The van der Waals surface area contributed by atoms with Gasteiger partial charge in [-0.3, -0.25) is 0 Å². The van der Waals surface area contributed by atoms with E-state index in [0.717, 1.165) is 29.6 Å². The second-order valence-corrected chi connectivity index (χ2v) is 5.56. The van der Waals surface area contributed by atoms with E-state index in [4.69, 9.17) is 4.74 Å². The second-order valence-electron chi connectivity index (χ2n) is 4.64. The Kier molecular flexibility index (Phi) is 5.93. The molecule has 106 valence electrons. The summed E-state index contributed by atoms with van der Waals surface area (Å²) in [5, 5.41) is 3.45. The smallest absolute Gasteiger partial charge is 0.120 e. The number of anilines is 1. The molecular weight excluding hydrogens is 314 g/mol. The van der Waals surface area contributed by atoms with E-state index in [0.29, 0.717) is 6.61 Å². The maximum atomic E-state index is 5.72. The SMILES string of the molecule is CCCc1ccccc1NCCOc1cccc(Br)c1. The fourth-order valence-corrected chi connectivity index (χ4v) is 2.47. The Hall–Kier alpha value is -1.48. The van der Waals surface area contributed by atoms with Crippen LogP contribution in [0.2, 0.25) is 0 Å². The van der Waals surface area contributed by atoms with E-state index in [1.165, 1.54) is 11.3 Å². The molecule has 2 rings (SSSR count). The lowest BCUT2D eigenvalue weighted by molar-refractivity contribution is 0.332. The third-order valence-electron chi connectivity index (χ3n) is 3.02. The van der Waals surface area contributed by atoms with E-state index >= 15 is 0 Å². The molecule has 0 atom stereocenters. The molecule has 0 spiro atoms. The third kappa shape index (κ3) is 4.57. The summed E-state index contributed by atoms with van der Waals surface area (Å²) < 4.78 is 6.75. The van der Waals surface area contributed by atoms with Gasteiger partial charge in [-0.05, 0) is 36.2 Å². The van der Waals surface area contributed by atoms with Crippen molar-refractivity contribution in [3.8, 4) is 5.75 Å². The van der Waals surface area contributed by atoms with Crippen LogP contribution in [0.5, 0.6) is 5.75 Å². The average Bonchev–Trinajstić information content (AvgIpc) is 2.46. The zero-order chi connectivity index (χ0) is 14.2. The number of nitrogens with one attached hydrogen (secondary N) is 1. The van der Waals surface area contributed by atoms with Gasteiger partial charge in [0.1, 0.15) is 12.4 Å². The van der Waals surface area contributed by atoms with Gasteiger partial charge in [-0.1, -0.05) is 53.5 Å². The van der Waals surface area contributed by atoms with Crippen molar-refractivity contribution in [1.29, 1.82) is 0 Å². The van der Waals surface area contributed by atoms with Gasteiger partial charge in [0.25, 0.3) is 0 Å². The van der Waals surface area contributed by atoms with Crippen molar-refractivity contribution in [2.24, 2.45) is 0 Å². The van der Waals surface area contributed by atoms with Crippen LogP contribution in [0.1, 0.15) is 18.9 Å². The maximum Gasteiger partial charge on any atom is 0.120 e. The van der Waals surface area contributed by atoms with Crippen molar-refractivity contribution in [2.75, 3.05) is 18.5 Å². The quantitative estimate of drug-likeness (QED) is 0.728. The lowest BCUT2D eigenvalue weighted by Gasteiger charge is -2.12. The van der Waals surface area contributed by atoms with Crippen molar-refractivity contribution in [2.45, 2.75) is 19.8 Å². The highest BCUT2D eigenvalue weighted by Crippen LogP contribution is 2.18. The van der Waals surface area contributed by atoms with Crippen molar-refractivity contribution in [1.82, 2.24) is 0 Å². The lowest BCUT2D eigenvalue weighted by Crippen LogP contribution is -2.12. The molecule has 0 saturated heterocycles. The molecule has 2 nitrogen and oxygen atoms in total. The molecule has 0 heterocycles. The van der Waals surface area contributed by atoms with Crippen LogP contribution < -0.4 is 10.1 Å². The molecule has 0 bridgehead atoms. The Balaban J connectivity index is 1.81. The first-order valence-electron chi connectivity index (χ1n) is 6.99. The van der Waals surface area contributed by atoms with Gasteiger partial charge in [0.15, 0.2) is 0 Å². The number of ether oxygens (including phenoxy) is 1. The number of para-hydroxylation sites is 1. The summed E-state index contributed by atoms with van der Waals surface area (Å²) in [6, 6.07) is 16.4. The van der Waals surface area contributed by atoms with Crippen molar-refractivity contribution in [3.05, 3.63) is 58.6 Å². The fraction of sp³-hybridized carbons (Fsp3) is 0.294. The molecule has 0 fully saturated rings. The molecular formula is C17H20BrNO. The summed E-state index contributed by atoms with van der Waals surface area (Å²) in [6.45, 7) is 3.65. The van der Waals surface area contributed by atoms with Crippen molar-refractivity contribution < 1.29 is 4.74 Å². The predicted molar refractivity (Wildman–Crippen MR) is 88.6 cm³/mol. The monoisotopic (exact) mass is 333 g/mol. The molecule has 0 aromatic heterocycles. The average molecular weight is 334 g/mol. The Morgan fingerprint density at radius 2 is 1.95 bits per heavy atom. The molecule has 3 heteroatoms. The summed E-state index contributed by atoms with van der Waals surface area (Å²) in [6.07, 6.45) is 2.27. The summed E-state index contributed by atoms with van der Waals surface area (Å²) in [5.74, 6) is 0.892. The number of hydrogen-bond acceptors (Lipinski definition) is 2. The predicted octanol–water partition coefficient (Wildman–Crippen LogP) is 4.89. The first-order chi connectivity index (χ1) is 9.79. The zero-order valence-electron chi connectivity index (χ0n) is 11.7. The Morgan fingerprint density at radius 3 is 2.75 bits per heavy atom. The molecule has 0 aliphatic rings. The third-order valence-corrected chi connectivity index (χ3v) is 3.51. The normalized spacial score (nSPS) is 10.3. The Morgan fingerprint density at radius 1 is 1.10 bits per heavy atom. The van der Waals surface area contributed by atoms with Crippen LogP contribution in [0.25, 0.3) is 0 Å². The number of rotatable bonds is 7. The van der Waals surface area contributed by atoms with Gasteiger partial charge in [-0.2, -0.15) is 0 Å². The molecule has 0 amide bonds. The van der Waals surface area contributed by atoms with Crippen LogP contribution in [0.15, 0.2) is 53.0 Å². The first kappa shape index (κ1) is 14.9. The van der Waals surface area contributed by atoms with Gasteiger partial charge in [-0.25, -0.2) is 0 Å². The fourth-order valence-electron chi connectivity index (χ4n) is 2.09. The van der Waals surface area contributed by atoms with Gasteiger partial charge in [0.2, 0.25) is 0 Å². The van der Waals surface area contributed by atoms with E-state index in [-0.39, 0.29) is 0 Å². The van der Waals surface area contributed by atoms with E-state index in [1.807, 2.05) is 24.3 Å². The summed E-state index contributed by atoms with van der Waals surface area (Å²) in [7, 11) is 0. The van der Waals surface area contributed by atoms with Crippen LogP contribution >= 0.6 is 15.9 Å². The number of aryl methyl sites for hydroxylation is 1. The number of hydrogen-bond donors (Lipinski definition) is 1. The topological polar surface area (TPSA) is 21.3 Å². The van der Waals surface area contributed by atoms with E-state index in [9.17, 15) is 0 Å². The van der Waals surface area contributed by atoms with Crippen LogP contribution in [0.3, 0.4) is 0 Å². The highest BCUT2D eigenvalue weighted by atomic mass is 79.9. The minimum absolute atomic E-state index is 0.650. The van der Waals surface area contributed by atoms with Gasteiger partial charge in [0, 0.05) is 16.7 Å². The van der Waals surface area contributed by atoms with Crippen LogP contribution in [0.4, 0.5) is 5.69 Å². The summed E-state index contributed by atoms with van der Waals surface area (Å²) >= 11 is 3.44. The molecule has 0 unspecified atom stereocenters. The van der Waals surface area contributed by atoms with E-state index in [2.05, 4.69) is 52.4 Å². The molecule has 1 N–H and O–H groups in total. The molecule has 0 saturated carbocycles. The Labute approximate surface area is 129 Å². The van der Waals surface area contributed by atoms with Gasteiger partial charge in [0.05, 0.1) is 0 Å². The van der Waals surface area contributed by atoms with Crippen molar-refractivity contribution in [3.63, 3.8) is 0 Å². The Bertz CT molecular complexity index is 542. The van der Waals surface area contributed by atoms with Crippen LogP contribution in [-0.2, 0) is 6.42 Å². The van der Waals surface area contributed by atoms with Crippen LogP contribution in [0, 0.1) is 0 Å². The van der Waals surface area contributed by atoms with E-state index < -0.39 is 0 Å². The minimum atomic E-state index is 0.650. The zero-order valence-corrected chi connectivity index (χ0v) is 13.3. The summed E-state index contributed by atoms with van der Waals surface area (Å²) in [5.41, 5.74) is 2.59. The van der Waals surface area contributed by atoms with E-state index in [1.54, 1.807) is 0 Å². The van der Waals surface area contributed by atoms with Gasteiger partial charge >= 0.3 is 0 Å². The largest absolute Gasteiger partial charge is 0.492 e. The molecule has 0 aliphatic carbocycles. The molecule has 0 radical (unpaired) electrons. The maximum absolute atomic E-state index is 5.72. The lowest BCUT2D eigenvalue weighted by atomic mass is 10.1. The molecule has 2 aromatic rings. The molecule has 20 heavy (non-hydrogen) atoms. The van der Waals surface area contributed by atoms with Gasteiger partial charge < -0.3 is 10.1 Å². The highest BCUT2D eigenvalue weighted by molar-refractivity contribution is 9.10.